The summed E-state index contributed by atoms with van der Waals surface area (Å²) in [7, 11) is 0. The molecule has 0 atom stereocenters. The number of nitrogens with zero attached hydrogens (tertiary/aromatic N) is 2. The number of fused-ring (bicyclic) bond motifs is 1. The summed E-state index contributed by atoms with van der Waals surface area (Å²) in [5, 5.41) is 0. The second kappa shape index (κ2) is 7.79. The number of carbonyl (C=O) groups is 2. The van der Waals surface area contributed by atoms with Crippen LogP contribution in [0.15, 0.2) is 24.3 Å². The topological polar surface area (TPSA) is 49.9 Å². The molecule has 0 radical (unpaired) electrons. The van der Waals surface area contributed by atoms with Crippen LogP contribution in [0.25, 0.3) is 0 Å². The molecular formula is C19H26N2O3. The predicted octanol–water partition coefficient (Wildman–Crippen LogP) is 2.24. The highest BCUT2D eigenvalue weighted by atomic mass is 16.5. The van der Waals surface area contributed by atoms with Gasteiger partial charge in [0, 0.05) is 12.2 Å². The van der Waals surface area contributed by atoms with Crippen LogP contribution >= 0.6 is 0 Å². The number of anilines is 1. The lowest BCUT2D eigenvalue weighted by atomic mass is 9.97. The van der Waals surface area contributed by atoms with Gasteiger partial charge in [-0.3, -0.25) is 14.5 Å². The van der Waals surface area contributed by atoms with Gasteiger partial charge in [-0.2, -0.15) is 0 Å². The molecule has 3 rings (SSSR count). The Labute approximate surface area is 143 Å². The Kier molecular flexibility index (Phi) is 5.51. The van der Waals surface area contributed by atoms with Crippen LogP contribution in [0.3, 0.4) is 0 Å². The minimum atomic E-state index is -0.0894. The highest BCUT2D eigenvalue weighted by Crippen LogP contribution is 2.27. The molecule has 24 heavy (non-hydrogen) atoms. The molecule has 1 fully saturated rings. The summed E-state index contributed by atoms with van der Waals surface area (Å²) in [5.41, 5.74) is 2.33. The maximum atomic E-state index is 12.7. The molecule has 2 aliphatic rings. The Morgan fingerprint density at radius 2 is 1.92 bits per heavy atom. The zero-order valence-electron chi connectivity index (χ0n) is 14.4. The molecule has 1 aromatic rings. The summed E-state index contributed by atoms with van der Waals surface area (Å²) in [6, 6.07) is 8.18. The van der Waals surface area contributed by atoms with Crippen molar-refractivity contribution in [1.82, 2.24) is 4.90 Å². The minimum Gasteiger partial charge on any atom is -0.466 e. The molecule has 1 saturated heterocycles. The van der Waals surface area contributed by atoms with E-state index in [1.165, 1.54) is 5.56 Å². The van der Waals surface area contributed by atoms with Crippen LogP contribution in [-0.4, -0.2) is 49.6 Å². The zero-order valence-corrected chi connectivity index (χ0v) is 14.4. The molecular weight excluding hydrogens is 304 g/mol. The molecule has 1 amide bonds. The SMILES string of the molecule is CCOC(=O)C1CCN(CC(=O)N2CCCc3ccccc32)CC1. The van der Waals surface area contributed by atoms with Crippen molar-refractivity contribution in [2.45, 2.75) is 32.6 Å². The summed E-state index contributed by atoms with van der Waals surface area (Å²) >= 11 is 0. The van der Waals surface area contributed by atoms with Crippen molar-refractivity contribution in [2.24, 2.45) is 5.92 Å². The van der Waals surface area contributed by atoms with Crippen molar-refractivity contribution in [3.8, 4) is 0 Å². The highest BCUT2D eigenvalue weighted by molar-refractivity contribution is 5.96. The summed E-state index contributed by atoms with van der Waals surface area (Å²) in [6.07, 6.45) is 3.63. The van der Waals surface area contributed by atoms with E-state index in [4.69, 9.17) is 4.74 Å². The number of carbonyl (C=O) groups excluding carboxylic acids is 2. The van der Waals surface area contributed by atoms with Crippen LogP contribution < -0.4 is 4.90 Å². The van der Waals surface area contributed by atoms with Crippen LogP contribution in [0, 0.1) is 5.92 Å². The van der Waals surface area contributed by atoms with Gasteiger partial charge in [-0.05, 0) is 57.3 Å². The monoisotopic (exact) mass is 330 g/mol. The quantitative estimate of drug-likeness (QED) is 0.795. The normalized spacial score (nSPS) is 19.0. The molecule has 0 spiro atoms. The Balaban J connectivity index is 1.55. The van der Waals surface area contributed by atoms with Crippen molar-refractivity contribution in [3.63, 3.8) is 0 Å². The lowest BCUT2D eigenvalue weighted by Gasteiger charge is -2.34. The van der Waals surface area contributed by atoms with E-state index in [9.17, 15) is 9.59 Å². The van der Waals surface area contributed by atoms with Gasteiger partial charge in [0.05, 0.1) is 19.1 Å². The molecule has 0 aliphatic carbocycles. The molecule has 2 heterocycles. The molecule has 0 unspecified atom stereocenters. The summed E-state index contributed by atoms with van der Waals surface area (Å²) < 4.78 is 5.10. The highest BCUT2D eigenvalue weighted by Gasteiger charge is 2.29. The molecule has 5 heteroatoms. The number of hydrogen-bond acceptors (Lipinski definition) is 4. The van der Waals surface area contributed by atoms with E-state index < -0.39 is 0 Å². The summed E-state index contributed by atoms with van der Waals surface area (Å²) in [4.78, 5) is 28.6. The molecule has 0 N–H and O–H groups in total. The van der Waals surface area contributed by atoms with E-state index in [-0.39, 0.29) is 17.8 Å². The van der Waals surface area contributed by atoms with Crippen LogP contribution in [-0.2, 0) is 20.7 Å². The molecule has 130 valence electrons. The lowest BCUT2D eigenvalue weighted by Crippen LogP contribution is -2.45. The van der Waals surface area contributed by atoms with Gasteiger partial charge in [-0.1, -0.05) is 18.2 Å². The second-order valence-electron chi connectivity index (χ2n) is 6.58. The van der Waals surface area contributed by atoms with Crippen LogP contribution in [0.2, 0.25) is 0 Å². The van der Waals surface area contributed by atoms with E-state index >= 15 is 0 Å². The number of aryl methyl sites for hydroxylation is 1. The third-order valence-corrected chi connectivity index (χ3v) is 4.98. The number of ether oxygens (including phenoxy) is 1. The predicted molar refractivity (Wildman–Crippen MR) is 92.9 cm³/mol. The average Bonchev–Trinajstić information content (AvgIpc) is 2.62. The summed E-state index contributed by atoms with van der Waals surface area (Å²) in [6.45, 7) is 5.07. The average molecular weight is 330 g/mol. The fourth-order valence-electron chi connectivity index (χ4n) is 3.66. The van der Waals surface area contributed by atoms with Gasteiger partial charge in [-0.25, -0.2) is 0 Å². The van der Waals surface area contributed by atoms with Crippen molar-refractivity contribution in [1.29, 1.82) is 0 Å². The zero-order chi connectivity index (χ0) is 16.9. The van der Waals surface area contributed by atoms with Crippen LogP contribution in [0.4, 0.5) is 5.69 Å². The van der Waals surface area contributed by atoms with Gasteiger partial charge in [0.25, 0.3) is 0 Å². The number of amides is 1. The lowest BCUT2D eigenvalue weighted by molar-refractivity contribution is -0.149. The largest absolute Gasteiger partial charge is 0.466 e. The van der Waals surface area contributed by atoms with Crippen molar-refractivity contribution in [3.05, 3.63) is 29.8 Å². The fraction of sp³-hybridized carbons (Fsp3) is 0.579. The Bertz CT molecular complexity index is 594. The first-order chi connectivity index (χ1) is 11.7. The smallest absolute Gasteiger partial charge is 0.309 e. The Hall–Kier alpha value is -1.88. The second-order valence-corrected chi connectivity index (χ2v) is 6.58. The fourth-order valence-corrected chi connectivity index (χ4v) is 3.66. The number of likely N-dealkylation sites (tertiary alicyclic amines) is 1. The first-order valence-electron chi connectivity index (χ1n) is 8.96. The van der Waals surface area contributed by atoms with E-state index in [1.807, 2.05) is 30.0 Å². The van der Waals surface area contributed by atoms with Gasteiger partial charge < -0.3 is 9.64 Å². The number of rotatable bonds is 4. The third kappa shape index (κ3) is 3.78. The van der Waals surface area contributed by atoms with E-state index in [0.29, 0.717) is 13.2 Å². The third-order valence-electron chi connectivity index (χ3n) is 4.98. The molecule has 5 nitrogen and oxygen atoms in total. The first kappa shape index (κ1) is 17.0. The maximum Gasteiger partial charge on any atom is 0.309 e. The van der Waals surface area contributed by atoms with Crippen LogP contribution in [0.1, 0.15) is 31.7 Å². The molecule has 1 aromatic carbocycles. The van der Waals surface area contributed by atoms with Gasteiger partial charge in [0.1, 0.15) is 0 Å². The molecule has 2 aliphatic heterocycles. The van der Waals surface area contributed by atoms with E-state index in [2.05, 4.69) is 11.0 Å². The maximum absolute atomic E-state index is 12.7. The van der Waals surface area contributed by atoms with Crippen molar-refractivity contribution < 1.29 is 14.3 Å². The number of benzene rings is 1. The van der Waals surface area contributed by atoms with Gasteiger partial charge in [0.2, 0.25) is 5.91 Å². The number of esters is 1. The van der Waals surface area contributed by atoms with Crippen molar-refractivity contribution >= 4 is 17.6 Å². The molecule has 0 saturated carbocycles. The number of para-hydroxylation sites is 1. The molecule has 0 aromatic heterocycles. The number of piperidine rings is 1. The van der Waals surface area contributed by atoms with Gasteiger partial charge >= 0.3 is 5.97 Å². The minimum absolute atomic E-state index is 0.00739. The number of hydrogen-bond donors (Lipinski definition) is 0. The first-order valence-corrected chi connectivity index (χ1v) is 8.96. The molecule has 0 bridgehead atoms. The Morgan fingerprint density at radius 3 is 2.67 bits per heavy atom. The van der Waals surface area contributed by atoms with Gasteiger partial charge in [-0.15, -0.1) is 0 Å². The van der Waals surface area contributed by atoms with Crippen molar-refractivity contribution in [2.75, 3.05) is 37.7 Å². The summed E-state index contributed by atoms with van der Waals surface area (Å²) in [5.74, 6) is 0.0668. The van der Waals surface area contributed by atoms with Crippen LogP contribution in [0.5, 0.6) is 0 Å². The van der Waals surface area contributed by atoms with E-state index in [1.54, 1.807) is 0 Å². The Morgan fingerprint density at radius 1 is 1.17 bits per heavy atom. The van der Waals surface area contributed by atoms with E-state index in [0.717, 1.165) is 51.0 Å². The van der Waals surface area contributed by atoms with Gasteiger partial charge in [0.15, 0.2) is 0 Å². The standard InChI is InChI=1S/C19H26N2O3/c1-2-24-19(23)16-9-12-20(13-10-16)14-18(22)21-11-5-7-15-6-3-4-8-17(15)21/h3-4,6,8,16H,2,5,7,9-14H2,1H3.